The zero-order valence-electron chi connectivity index (χ0n) is 8.03. The molecule has 0 aliphatic heterocycles. The molecule has 1 aromatic carbocycles. The molecule has 76 valence electrons. The lowest BCUT2D eigenvalue weighted by atomic mass is 10.1. The number of rotatable bonds is 1. The number of hydrogen-bond donors (Lipinski definition) is 1. The van der Waals surface area contributed by atoms with E-state index >= 15 is 0 Å². The van der Waals surface area contributed by atoms with Crippen LogP contribution in [0.4, 0.5) is 0 Å². The second kappa shape index (κ2) is 4.18. The molecule has 0 bridgehead atoms. The number of aromatic amines is 1. The number of allylic oxidation sites excluding steroid dienone is 1. The largest absolute Gasteiger partial charge is 0.270 e. The number of nitrogens with one attached hydrogen (secondary N) is 1. The smallest absolute Gasteiger partial charge is 0.130 e. The molecule has 0 aliphatic carbocycles. The fraction of sp³-hybridized carbons (Fsp3) is 0. The zero-order valence-corrected chi connectivity index (χ0v) is 9.62. The molecule has 2 rings (SSSR count). The SMILES string of the molecule is N#CC(C#N)=Cc1ccc2n[nH]c(Br)c2c1. The van der Waals surface area contributed by atoms with E-state index in [9.17, 15) is 0 Å². The summed E-state index contributed by atoms with van der Waals surface area (Å²) in [4.78, 5) is 0. The van der Waals surface area contributed by atoms with E-state index < -0.39 is 0 Å². The maximum absolute atomic E-state index is 8.65. The van der Waals surface area contributed by atoms with Crippen molar-refractivity contribution < 1.29 is 0 Å². The van der Waals surface area contributed by atoms with E-state index in [1.54, 1.807) is 6.08 Å². The Labute approximate surface area is 99.9 Å². The average Bonchev–Trinajstić information content (AvgIpc) is 2.68. The maximum atomic E-state index is 8.65. The fourth-order valence-electron chi connectivity index (χ4n) is 1.34. The van der Waals surface area contributed by atoms with E-state index in [4.69, 9.17) is 10.5 Å². The van der Waals surface area contributed by atoms with Crippen LogP contribution >= 0.6 is 15.9 Å². The summed E-state index contributed by atoms with van der Waals surface area (Å²) in [7, 11) is 0. The lowest BCUT2D eigenvalue weighted by Gasteiger charge is -1.93. The van der Waals surface area contributed by atoms with Crippen molar-refractivity contribution in [2.75, 3.05) is 0 Å². The van der Waals surface area contributed by atoms with Crippen molar-refractivity contribution in [3.8, 4) is 12.1 Å². The van der Waals surface area contributed by atoms with Gasteiger partial charge in [-0.2, -0.15) is 15.6 Å². The van der Waals surface area contributed by atoms with E-state index in [1.807, 2.05) is 30.3 Å². The lowest BCUT2D eigenvalue weighted by Crippen LogP contribution is -1.76. The molecule has 1 N–H and O–H groups in total. The molecular weight excluding hydrogens is 268 g/mol. The fourth-order valence-corrected chi connectivity index (χ4v) is 1.75. The molecule has 0 spiro atoms. The quantitative estimate of drug-likeness (QED) is 0.811. The summed E-state index contributed by atoms with van der Waals surface area (Å²) < 4.78 is 0.785. The molecule has 0 saturated carbocycles. The van der Waals surface area contributed by atoms with Crippen molar-refractivity contribution in [3.05, 3.63) is 33.9 Å². The third-order valence-corrected chi connectivity index (χ3v) is 2.69. The highest BCUT2D eigenvalue weighted by Gasteiger charge is 2.03. The van der Waals surface area contributed by atoms with Crippen LogP contribution in [0.3, 0.4) is 0 Å². The van der Waals surface area contributed by atoms with Crippen molar-refractivity contribution in [3.63, 3.8) is 0 Å². The van der Waals surface area contributed by atoms with Gasteiger partial charge in [-0.3, -0.25) is 5.10 Å². The number of benzene rings is 1. The van der Waals surface area contributed by atoms with Gasteiger partial charge in [0.1, 0.15) is 22.3 Å². The molecule has 4 nitrogen and oxygen atoms in total. The van der Waals surface area contributed by atoms with Crippen molar-refractivity contribution in [1.82, 2.24) is 10.2 Å². The first-order valence-electron chi connectivity index (χ1n) is 4.40. The van der Waals surface area contributed by atoms with E-state index in [-0.39, 0.29) is 5.57 Å². The summed E-state index contributed by atoms with van der Waals surface area (Å²) >= 11 is 3.33. The third kappa shape index (κ3) is 1.81. The second-order valence-electron chi connectivity index (χ2n) is 3.10. The Morgan fingerprint density at radius 1 is 1.38 bits per heavy atom. The van der Waals surface area contributed by atoms with Gasteiger partial charge in [0.15, 0.2) is 0 Å². The van der Waals surface area contributed by atoms with Crippen molar-refractivity contribution in [2.45, 2.75) is 0 Å². The molecule has 2 aromatic rings. The van der Waals surface area contributed by atoms with Gasteiger partial charge < -0.3 is 0 Å². The van der Waals surface area contributed by atoms with Gasteiger partial charge in [0.2, 0.25) is 0 Å². The second-order valence-corrected chi connectivity index (χ2v) is 3.89. The van der Waals surface area contributed by atoms with Crippen LogP contribution < -0.4 is 0 Å². The highest BCUT2D eigenvalue weighted by molar-refractivity contribution is 9.10. The highest BCUT2D eigenvalue weighted by atomic mass is 79.9. The van der Waals surface area contributed by atoms with Crippen molar-refractivity contribution in [1.29, 1.82) is 10.5 Å². The van der Waals surface area contributed by atoms with Gasteiger partial charge in [-0.25, -0.2) is 0 Å². The molecule has 0 atom stereocenters. The molecule has 0 unspecified atom stereocenters. The van der Waals surface area contributed by atoms with Gasteiger partial charge in [0, 0.05) is 5.39 Å². The van der Waals surface area contributed by atoms with Gasteiger partial charge in [-0.05, 0) is 39.7 Å². The standard InChI is InChI=1S/C11H5BrN4/c12-11-9-4-7(3-8(5-13)6-14)1-2-10(9)15-16-11/h1-4H,(H,15,16). The van der Waals surface area contributed by atoms with Gasteiger partial charge in [0.25, 0.3) is 0 Å². The summed E-state index contributed by atoms with van der Waals surface area (Å²) in [5.74, 6) is 0. The van der Waals surface area contributed by atoms with Crippen LogP contribution in [0, 0.1) is 22.7 Å². The monoisotopic (exact) mass is 272 g/mol. The Hall–Kier alpha value is -2.11. The van der Waals surface area contributed by atoms with Crippen LogP contribution in [0.1, 0.15) is 5.56 Å². The summed E-state index contributed by atoms with van der Waals surface area (Å²) in [5.41, 5.74) is 1.71. The summed E-state index contributed by atoms with van der Waals surface area (Å²) in [6, 6.07) is 9.14. The van der Waals surface area contributed by atoms with Gasteiger partial charge >= 0.3 is 0 Å². The highest BCUT2D eigenvalue weighted by Crippen LogP contribution is 2.22. The Morgan fingerprint density at radius 3 is 2.81 bits per heavy atom. The number of aromatic nitrogens is 2. The van der Waals surface area contributed by atoms with Gasteiger partial charge in [0.05, 0.1) is 5.52 Å². The maximum Gasteiger partial charge on any atom is 0.130 e. The predicted molar refractivity (Wildman–Crippen MR) is 63.0 cm³/mol. The Morgan fingerprint density at radius 2 is 2.12 bits per heavy atom. The Bertz CT molecular complexity index is 639. The minimum atomic E-state index is 0.0824. The van der Waals surface area contributed by atoms with Crippen LogP contribution in [0.15, 0.2) is 28.4 Å². The normalized spacial score (nSPS) is 9.44. The van der Waals surface area contributed by atoms with Crippen LogP contribution in [0.5, 0.6) is 0 Å². The lowest BCUT2D eigenvalue weighted by molar-refractivity contribution is 1.10. The number of nitrogens with zero attached hydrogens (tertiary/aromatic N) is 3. The first-order valence-corrected chi connectivity index (χ1v) is 5.19. The molecule has 16 heavy (non-hydrogen) atoms. The van der Waals surface area contributed by atoms with Crippen LogP contribution in [0.2, 0.25) is 0 Å². The summed E-state index contributed by atoms with van der Waals surface area (Å²) in [5, 5.41) is 25.1. The number of H-pyrrole nitrogens is 1. The zero-order chi connectivity index (χ0) is 11.5. The predicted octanol–water partition coefficient (Wildman–Crippen LogP) is 2.76. The average molecular weight is 273 g/mol. The van der Waals surface area contributed by atoms with Gasteiger partial charge in [-0.1, -0.05) is 6.07 Å². The van der Waals surface area contributed by atoms with E-state index in [0.29, 0.717) is 0 Å². The minimum absolute atomic E-state index is 0.0824. The summed E-state index contributed by atoms with van der Waals surface area (Å²) in [6.07, 6.45) is 1.54. The van der Waals surface area contributed by atoms with Crippen LogP contribution in [0.25, 0.3) is 17.0 Å². The molecule has 0 amide bonds. The molecule has 0 saturated heterocycles. The molecular formula is C11H5BrN4. The van der Waals surface area contributed by atoms with E-state index in [0.717, 1.165) is 21.1 Å². The number of nitriles is 2. The van der Waals surface area contributed by atoms with Crippen molar-refractivity contribution in [2.24, 2.45) is 0 Å². The Kier molecular flexibility index (Phi) is 2.72. The van der Waals surface area contributed by atoms with E-state index in [1.165, 1.54) is 0 Å². The molecule has 1 heterocycles. The molecule has 1 aromatic heterocycles. The van der Waals surface area contributed by atoms with Crippen LogP contribution in [-0.4, -0.2) is 10.2 Å². The Balaban J connectivity index is 2.56. The first kappa shape index (κ1) is 10.4. The molecule has 0 aliphatic rings. The van der Waals surface area contributed by atoms with E-state index in [2.05, 4.69) is 26.1 Å². The topological polar surface area (TPSA) is 76.3 Å². The van der Waals surface area contributed by atoms with Crippen LogP contribution in [-0.2, 0) is 0 Å². The molecule has 5 heteroatoms. The first-order chi connectivity index (χ1) is 7.74. The minimum Gasteiger partial charge on any atom is -0.270 e. The summed E-state index contributed by atoms with van der Waals surface area (Å²) in [6.45, 7) is 0. The third-order valence-electron chi connectivity index (χ3n) is 2.08. The molecule has 0 radical (unpaired) electrons. The molecule has 0 fully saturated rings. The number of hydrogen-bond acceptors (Lipinski definition) is 3. The van der Waals surface area contributed by atoms with Gasteiger partial charge in [-0.15, -0.1) is 0 Å². The number of fused-ring (bicyclic) bond motifs is 1. The van der Waals surface area contributed by atoms with Crippen molar-refractivity contribution >= 4 is 32.9 Å². The number of halogens is 1.